The fourth-order valence-electron chi connectivity index (χ4n) is 2.03. The number of ether oxygens (including phenoxy) is 1. The molecule has 2 unspecified atom stereocenters. The smallest absolute Gasteiger partial charge is 0.255 e. The predicted molar refractivity (Wildman–Crippen MR) is 56.6 cm³/mol. The standard InChI is InChI=1S/C10H17N3O2/c1-3-5-11-9-12-8(14)10(13-9)4-6-15-7(10)2/h7H,3-6H2,1-2H3,(H2,11,12,13,14). The SMILES string of the molecule is CCCN=C1NC(=O)C2(CCOC2C)N1. The van der Waals surface area contributed by atoms with Crippen LogP contribution >= 0.6 is 0 Å². The quantitative estimate of drug-likeness (QED) is 0.677. The van der Waals surface area contributed by atoms with Crippen LogP contribution in [0.3, 0.4) is 0 Å². The summed E-state index contributed by atoms with van der Waals surface area (Å²) >= 11 is 0. The van der Waals surface area contributed by atoms with E-state index in [0.29, 0.717) is 19.0 Å². The minimum Gasteiger partial charge on any atom is -0.375 e. The topological polar surface area (TPSA) is 62.7 Å². The number of guanidine groups is 1. The maximum atomic E-state index is 11.8. The molecule has 2 rings (SSSR count). The van der Waals surface area contributed by atoms with Crippen molar-refractivity contribution in [1.29, 1.82) is 0 Å². The van der Waals surface area contributed by atoms with Crippen LogP contribution in [-0.4, -0.2) is 36.7 Å². The highest BCUT2D eigenvalue weighted by Crippen LogP contribution is 2.28. The maximum Gasteiger partial charge on any atom is 0.255 e. The van der Waals surface area contributed by atoms with Crippen molar-refractivity contribution in [1.82, 2.24) is 10.6 Å². The van der Waals surface area contributed by atoms with Gasteiger partial charge in [-0.15, -0.1) is 0 Å². The Hall–Kier alpha value is -1.10. The van der Waals surface area contributed by atoms with Crippen LogP contribution in [0.2, 0.25) is 0 Å². The number of nitrogens with one attached hydrogen (secondary N) is 2. The van der Waals surface area contributed by atoms with Crippen molar-refractivity contribution >= 4 is 11.9 Å². The molecule has 0 aromatic rings. The van der Waals surface area contributed by atoms with Gasteiger partial charge in [-0.1, -0.05) is 6.92 Å². The molecule has 2 aliphatic heterocycles. The van der Waals surface area contributed by atoms with Gasteiger partial charge in [-0.25, -0.2) is 0 Å². The van der Waals surface area contributed by atoms with Crippen LogP contribution in [0.15, 0.2) is 4.99 Å². The fourth-order valence-corrected chi connectivity index (χ4v) is 2.03. The van der Waals surface area contributed by atoms with Gasteiger partial charge in [0.1, 0.15) is 5.54 Å². The third-order valence-electron chi connectivity index (χ3n) is 3.03. The lowest BCUT2D eigenvalue weighted by Gasteiger charge is -2.23. The van der Waals surface area contributed by atoms with Gasteiger partial charge >= 0.3 is 0 Å². The van der Waals surface area contributed by atoms with E-state index in [-0.39, 0.29) is 12.0 Å². The van der Waals surface area contributed by atoms with E-state index in [0.717, 1.165) is 13.0 Å². The Morgan fingerprint density at radius 3 is 3.07 bits per heavy atom. The summed E-state index contributed by atoms with van der Waals surface area (Å²) in [7, 11) is 0. The molecule has 0 aromatic carbocycles. The summed E-state index contributed by atoms with van der Waals surface area (Å²) in [5, 5.41) is 5.94. The average Bonchev–Trinajstić information content (AvgIpc) is 2.72. The molecular weight excluding hydrogens is 194 g/mol. The van der Waals surface area contributed by atoms with Crippen LogP contribution in [0.1, 0.15) is 26.7 Å². The molecule has 15 heavy (non-hydrogen) atoms. The number of hydrogen-bond donors (Lipinski definition) is 2. The molecule has 0 radical (unpaired) electrons. The van der Waals surface area contributed by atoms with Gasteiger partial charge in [0.15, 0.2) is 5.96 Å². The molecule has 0 aliphatic carbocycles. The molecule has 2 saturated heterocycles. The maximum absolute atomic E-state index is 11.8. The number of rotatable bonds is 2. The number of hydrogen-bond acceptors (Lipinski definition) is 3. The lowest BCUT2D eigenvalue weighted by Crippen LogP contribution is -2.52. The van der Waals surface area contributed by atoms with Gasteiger partial charge in [0.25, 0.3) is 5.91 Å². The number of amides is 1. The van der Waals surface area contributed by atoms with Crippen molar-refractivity contribution in [2.24, 2.45) is 4.99 Å². The van der Waals surface area contributed by atoms with Crippen LogP contribution in [0, 0.1) is 0 Å². The second-order valence-electron chi connectivity index (χ2n) is 4.04. The molecule has 2 atom stereocenters. The highest BCUT2D eigenvalue weighted by Gasteiger charge is 2.52. The van der Waals surface area contributed by atoms with E-state index >= 15 is 0 Å². The van der Waals surface area contributed by atoms with Crippen molar-refractivity contribution in [3.63, 3.8) is 0 Å². The highest BCUT2D eigenvalue weighted by molar-refractivity contribution is 6.09. The summed E-state index contributed by atoms with van der Waals surface area (Å²) in [5.74, 6) is 0.585. The van der Waals surface area contributed by atoms with Crippen LogP contribution in [0.25, 0.3) is 0 Å². The minimum atomic E-state index is -0.577. The van der Waals surface area contributed by atoms with Crippen molar-refractivity contribution < 1.29 is 9.53 Å². The van der Waals surface area contributed by atoms with Crippen molar-refractivity contribution in [2.75, 3.05) is 13.2 Å². The Labute approximate surface area is 89.3 Å². The van der Waals surface area contributed by atoms with E-state index in [1.54, 1.807) is 0 Å². The first kappa shape index (κ1) is 10.4. The largest absolute Gasteiger partial charge is 0.375 e. The summed E-state index contributed by atoms with van der Waals surface area (Å²) in [5.41, 5.74) is -0.577. The summed E-state index contributed by atoms with van der Waals surface area (Å²) in [6.45, 7) is 5.33. The molecular formula is C10H17N3O2. The third kappa shape index (κ3) is 1.61. The molecule has 0 aromatic heterocycles. The Bertz CT molecular complexity index is 303. The molecule has 84 valence electrons. The van der Waals surface area contributed by atoms with Gasteiger partial charge in [-0.3, -0.25) is 15.1 Å². The van der Waals surface area contributed by atoms with Crippen LogP contribution in [0.4, 0.5) is 0 Å². The molecule has 2 N–H and O–H groups in total. The summed E-state index contributed by atoms with van der Waals surface area (Å²) in [6.07, 6.45) is 1.59. The molecule has 2 heterocycles. The zero-order valence-corrected chi connectivity index (χ0v) is 9.17. The molecule has 1 spiro atoms. The van der Waals surface area contributed by atoms with E-state index in [2.05, 4.69) is 22.5 Å². The summed E-state index contributed by atoms with van der Waals surface area (Å²) < 4.78 is 5.44. The molecule has 2 aliphatic rings. The zero-order valence-electron chi connectivity index (χ0n) is 9.17. The Morgan fingerprint density at radius 1 is 1.67 bits per heavy atom. The first-order valence-electron chi connectivity index (χ1n) is 5.45. The number of carbonyl (C=O) groups excluding carboxylic acids is 1. The van der Waals surface area contributed by atoms with E-state index in [1.807, 2.05) is 6.92 Å². The Balaban J connectivity index is 2.13. The van der Waals surface area contributed by atoms with Crippen molar-refractivity contribution in [2.45, 2.75) is 38.3 Å². The van der Waals surface area contributed by atoms with Crippen molar-refractivity contribution in [3.8, 4) is 0 Å². The van der Waals surface area contributed by atoms with E-state index < -0.39 is 5.54 Å². The van der Waals surface area contributed by atoms with E-state index in [9.17, 15) is 4.79 Å². The number of carbonyl (C=O) groups is 1. The first-order valence-corrected chi connectivity index (χ1v) is 5.45. The summed E-state index contributed by atoms with van der Waals surface area (Å²) in [6, 6.07) is 0. The van der Waals surface area contributed by atoms with E-state index in [1.165, 1.54) is 0 Å². The van der Waals surface area contributed by atoms with Gasteiger partial charge < -0.3 is 10.1 Å². The molecule has 0 saturated carbocycles. The monoisotopic (exact) mass is 211 g/mol. The Kier molecular flexibility index (Phi) is 2.65. The van der Waals surface area contributed by atoms with Gasteiger partial charge in [0.2, 0.25) is 0 Å². The minimum absolute atomic E-state index is 0.0117. The fraction of sp³-hybridized carbons (Fsp3) is 0.800. The number of aliphatic imine (C=N–C) groups is 1. The lowest BCUT2D eigenvalue weighted by molar-refractivity contribution is -0.125. The predicted octanol–water partition coefficient (Wildman–Crippen LogP) is 0.0194. The molecule has 1 amide bonds. The molecule has 5 heteroatoms. The van der Waals surface area contributed by atoms with Crippen LogP contribution in [-0.2, 0) is 9.53 Å². The van der Waals surface area contributed by atoms with Gasteiger partial charge in [0, 0.05) is 19.6 Å². The third-order valence-corrected chi connectivity index (χ3v) is 3.03. The van der Waals surface area contributed by atoms with Crippen LogP contribution < -0.4 is 10.6 Å². The highest BCUT2D eigenvalue weighted by atomic mass is 16.5. The van der Waals surface area contributed by atoms with Crippen LogP contribution in [0.5, 0.6) is 0 Å². The van der Waals surface area contributed by atoms with Gasteiger partial charge in [0.05, 0.1) is 6.10 Å². The van der Waals surface area contributed by atoms with Gasteiger partial charge in [-0.05, 0) is 13.3 Å². The summed E-state index contributed by atoms with van der Waals surface area (Å²) in [4.78, 5) is 16.1. The average molecular weight is 211 g/mol. The number of nitrogens with zero attached hydrogens (tertiary/aromatic N) is 1. The molecule has 2 fully saturated rings. The lowest BCUT2D eigenvalue weighted by atomic mass is 9.93. The normalized spacial score (nSPS) is 37.3. The Morgan fingerprint density at radius 2 is 2.47 bits per heavy atom. The first-order chi connectivity index (χ1) is 7.19. The van der Waals surface area contributed by atoms with Crippen molar-refractivity contribution in [3.05, 3.63) is 0 Å². The second kappa shape index (κ2) is 3.81. The zero-order chi connectivity index (χ0) is 10.9. The van der Waals surface area contributed by atoms with E-state index in [4.69, 9.17) is 4.74 Å². The second-order valence-corrected chi connectivity index (χ2v) is 4.04. The van der Waals surface area contributed by atoms with Gasteiger partial charge in [-0.2, -0.15) is 0 Å². The molecule has 0 bridgehead atoms. The molecule has 5 nitrogen and oxygen atoms in total.